The first kappa shape index (κ1) is 15.9. The Morgan fingerprint density at radius 1 is 1.23 bits per heavy atom. The lowest BCUT2D eigenvalue weighted by Gasteiger charge is -2.06. The first-order valence-electron chi connectivity index (χ1n) is 7.39. The van der Waals surface area contributed by atoms with Crippen molar-refractivity contribution >= 4 is 5.91 Å². The van der Waals surface area contributed by atoms with E-state index in [0.29, 0.717) is 31.3 Å². The summed E-state index contributed by atoms with van der Waals surface area (Å²) in [7, 11) is 0. The van der Waals surface area contributed by atoms with Gasteiger partial charge < -0.3 is 10.1 Å². The summed E-state index contributed by atoms with van der Waals surface area (Å²) in [5, 5.41) is 2.84. The van der Waals surface area contributed by atoms with E-state index >= 15 is 0 Å². The molecule has 6 heteroatoms. The molecular weight excluding hydrogens is 280 g/mol. The molecule has 0 aliphatic rings. The molecule has 0 aliphatic carbocycles. The van der Waals surface area contributed by atoms with Crippen LogP contribution in [0.15, 0.2) is 36.7 Å². The maximum atomic E-state index is 11.9. The highest BCUT2D eigenvalue weighted by Crippen LogP contribution is 2.06. The van der Waals surface area contributed by atoms with Gasteiger partial charge in [-0.1, -0.05) is 13.0 Å². The molecule has 0 saturated heterocycles. The van der Waals surface area contributed by atoms with E-state index in [-0.39, 0.29) is 12.3 Å². The summed E-state index contributed by atoms with van der Waals surface area (Å²) in [6, 6.07) is 7.43. The molecule has 0 spiro atoms. The Morgan fingerprint density at radius 3 is 2.91 bits per heavy atom. The van der Waals surface area contributed by atoms with Crippen molar-refractivity contribution in [3.8, 4) is 5.88 Å². The number of aromatic nitrogens is 3. The minimum absolute atomic E-state index is 0.108. The molecular formula is C16H20N4O2. The van der Waals surface area contributed by atoms with Crippen LogP contribution < -0.4 is 10.1 Å². The zero-order valence-electron chi connectivity index (χ0n) is 12.7. The molecule has 2 rings (SSSR count). The van der Waals surface area contributed by atoms with Gasteiger partial charge in [0, 0.05) is 37.1 Å². The van der Waals surface area contributed by atoms with Crippen LogP contribution in [0.1, 0.15) is 24.9 Å². The van der Waals surface area contributed by atoms with Crippen molar-refractivity contribution in [1.29, 1.82) is 0 Å². The average molecular weight is 300 g/mol. The van der Waals surface area contributed by atoms with E-state index in [9.17, 15) is 4.79 Å². The number of ether oxygens (including phenoxy) is 1. The molecule has 0 saturated carbocycles. The Labute approximate surface area is 130 Å². The second kappa shape index (κ2) is 8.71. The number of carbonyl (C=O) groups is 1. The summed E-state index contributed by atoms with van der Waals surface area (Å²) in [4.78, 5) is 24.4. The molecule has 22 heavy (non-hydrogen) atoms. The predicted octanol–water partition coefficient (Wildman–Crippen LogP) is 1.56. The van der Waals surface area contributed by atoms with Crippen molar-refractivity contribution < 1.29 is 9.53 Å². The fraction of sp³-hybridized carbons (Fsp3) is 0.375. The molecule has 2 aromatic heterocycles. The van der Waals surface area contributed by atoms with Crippen molar-refractivity contribution in [2.24, 2.45) is 0 Å². The third-order valence-electron chi connectivity index (χ3n) is 2.88. The number of hydrogen-bond acceptors (Lipinski definition) is 5. The SMILES string of the molecule is CCCOc1ccnc(CC(=O)NCCc2ccccn2)n1. The highest BCUT2D eigenvalue weighted by atomic mass is 16.5. The van der Waals surface area contributed by atoms with Crippen LogP contribution in [0.5, 0.6) is 5.88 Å². The van der Waals surface area contributed by atoms with Gasteiger partial charge in [0.2, 0.25) is 11.8 Å². The smallest absolute Gasteiger partial charge is 0.227 e. The molecule has 6 nitrogen and oxygen atoms in total. The number of amides is 1. The van der Waals surface area contributed by atoms with E-state index in [1.807, 2.05) is 25.1 Å². The maximum absolute atomic E-state index is 11.9. The van der Waals surface area contributed by atoms with Crippen LogP contribution in [0.3, 0.4) is 0 Å². The van der Waals surface area contributed by atoms with Gasteiger partial charge >= 0.3 is 0 Å². The van der Waals surface area contributed by atoms with Crippen molar-refractivity contribution in [1.82, 2.24) is 20.3 Å². The number of carbonyl (C=O) groups excluding carboxylic acids is 1. The summed E-state index contributed by atoms with van der Waals surface area (Å²) >= 11 is 0. The third kappa shape index (κ3) is 5.47. The molecule has 1 N–H and O–H groups in total. The standard InChI is InChI=1S/C16H20N4O2/c1-2-11-22-16-7-10-18-14(20-16)12-15(21)19-9-6-13-5-3-4-8-17-13/h3-5,7-8,10H,2,6,9,11-12H2,1H3,(H,19,21). The number of nitrogens with one attached hydrogen (secondary N) is 1. The van der Waals surface area contributed by atoms with E-state index in [1.54, 1.807) is 18.5 Å². The number of pyridine rings is 1. The first-order valence-corrected chi connectivity index (χ1v) is 7.39. The Hall–Kier alpha value is -2.50. The van der Waals surface area contributed by atoms with E-state index in [1.165, 1.54) is 0 Å². The first-order chi connectivity index (χ1) is 10.8. The van der Waals surface area contributed by atoms with Gasteiger partial charge in [0.1, 0.15) is 5.82 Å². The van der Waals surface area contributed by atoms with Gasteiger partial charge in [0.05, 0.1) is 13.0 Å². The number of nitrogens with zero attached hydrogens (tertiary/aromatic N) is 3. The van der Waals surface area contributed by atoms with Crippen LogP contribution in [0.2, 0.25) is 0 Å². The zero-order chi connectivity index (χ0) is 15.6. The topological polar surface area (TPSA) is 77.0 Å². The van der Waals surface area contributed by atoms with Crippen LogP contribution in [0, 0.1) is 0 Å². The van der Waals surface area contributed by atoms with E-state index < -0.39 is 0 Å². The molecule has 2 aromatic rings. The van der Waals surface area contributed by atoms with Gasteiger partial charge in [-0.25, -0.2) is 4.98 Å². The quantitative estimate of drug-likeness (QED) is 0.800. The van der Waals surface area contributed by atoms with Gasteiger partial charge in [0.25, 0.3) is 0 Å². The molecule has 0 aliphatic heterocycles. The average Bonchev–Trinajstić information content (AvgIpc) is 2.54. The summed E-state index contributed by atoms with van der Waals surface area (Å²) in [5.74, 6) is 0.862. The van der Waals surface area contributed by atoms with Gasteiger partial charge in [-0.15, -0.1) is 0 Å². The van der Waals surface area contributed by atoms with Crippen molar-refractivity contribution in [2.45, 2.75) is 26.2 Å². The number of rotatable bonds is 8. The van der Waals surface area contributed by atoms with Crippen LogP contribution in [-0.2, 0) is 17.6 Å². The van der Waals surface area contributed by atoms with E-state index in [2.05, 4.69) is 20.3 Å². The normalized spacial score (nSPS) is 10.2. The minimum Gasteiger partial charge on any atom is -0.478 e. The lowest BCUT2D eigenvalue weighted by atomic mass is 10.2. The highest BCUT2D eigenvalue weighted by molar-refractivity contribution is 5.77. The van der Waals surface area contributed by atoms with Gasteiger partial charge in [-0.3, -0.25) is 9.78 Å². The second-order valence-electron chi connectivity index (χ2n) is 4.76. The predicted molar refractivity (Wildman–Crippen MR) is 82.5 cm³/mol. The van der Waals surface area contributed by atoms with Crippen LogP contribution in [0.25, 0.3) is 0 Å². The molecule has 0 unspecified atom stereocenters. The minimum atomic E-state index is -0.108. The fourth-order valence-electron chi connectivity index (χ4n) is 1.83. The largest absolute Gasteiger partial charge is 0.478 e. The number of hydrogen-bond donors (Lipinski definition) is 1. The Balaban J connectivity index is 1.77. The van der Waals surface area contributed by atoms with Crippen molar-refractivity contribution in [3.63, 3.8) is 0 Å². The summed E-state index contributed by atoms with van der Waals surface area (Å²) in [6.07, 6.45) is 5.10. The van der Waals surface area contributed by atoms with Gasteiger partial charge in [-0.05, 0) is 18.6 Å². The fourth-order valence-corrected chi connectivity index (χ4v) is 1.83. The summed E-state index contributed by atoms with van der Waals surface area (Å²) in [5.41, 5.74) is 0.953. The second-order valence-corrected chi connectivity index (χ2v) is 4.76. The van der Waals surface area contributed by atoms with Crippen molar-refractivity contribution in [3.05, 3.63) is 48.2 Å². The van der Waals surface area contributed by atoms with Crippen molar-refractivity contribution in [2.75, 3.05) is 13.2 Å². The molecule has 0 fully saturated rings. The maximum Gasteiger partial charge on any atom is 0.227 e. The highest BCUT2D eigenvalue weighted by Gasteiger charge is 2.07. The third-order valence-corrected chi connectivity index (χ3v) is 2.88. The summed E-state index contributed by atoms with van der Waals surface area (Å²) in [6.45, 7) is 3.17. The zero-order valence-corrected chi connectivity index (χ0v) is 12.7. The lowest BCUT2D eigenvalue weighted by Crippen LogP contribution is -2.28. The molecule has 1 amide bonds. The van der Waals surface area contributed by atoms with Gasteiger partial charge in [0.15, 0.2) is 0 Å². The van der Waals surface area contributed by atoms with Crippen LogP contribution >= 0.6 is 0 Å². The van der Waals surface area contributed by atoms with Gasteiger partial charge in [-0.2, -0.15) is 4.98 Å². The van der Waals surface area contributed by atoms with E-state index in [4.69, 9.17) is 4.74 Å². The molecule has 0 bridgehead atoms. The van der Waals surface area contributed by atoms with Crippen LogP contribution in [0.4, 0.5) is 0 Å². The molecule has 0 atom stereocenters. The Kier molecular flexibility index (Phi) is 6.29. The molecule has 0 radical (unpaired) electrons. The Bertz CT molecular complexity index is 590. The monoisotopic (exact) mass is 300 g/mol. The lowest BCUT2D eigenvalue weighted by molar-refractivity contribution is -0.120. The molecule has 116 valence electrons. The molecule has 2 heterocycles. The Morgan fingerprint density at radius 2 is 2.14 bits per heavy atom. The summed E-state index contributed by atoms with van der Waals surface area (Å²) < 4.78 is 5.43. The molecule has 0 aromatic carbocycles. The van der Waals surface area contributed by atoms with E-state index in [0.717, 1.165) is 12.1 Å². The van der Waals surface area contributed by atoms with Crippen LogP contribution in [-0.4, -0.2) is 34.0 Å².